The standard InChI is InChI=1S/C6H14O2.Na/c1-3-4-8-5-6(2)7;/h6-7H,3-5H2,1-2H3;. The molecule has 0 aliphatic rings. The fraction of sp³-hybridized carbons (Fsp3) is 1.00. The third-order valence-corrected chi connectivity index (χ3v) is 0.708. The summed E-state index contributed by atoms with van der Waals surface area (Å²) < 4.78 is 4.99. The average molecular weight is 141 g/mol. The van der Waals surface area contributed by atoms with E-state index >= 15 is 0 Å². The zero-order chi connectivity index (χ0) is 6.41. The maximum Gasteiger partial charge on any atom is 0.0745 e. The summed E-state index contributed by atoms with van der Waals surface area (Å²) in [5.41, 5.74) is 0. The van der Waals surface area contributed by atoms with E-state index in [1.165, 1.54) is 0 Å². The van der Waals surface area contributed by atoms with Gasteiger partial charge in [-0.05, 0) is 13.3 Å². The van der Waals surface area contributed by atoms with Crippen molar-refractivity contribution in [2.45, 2.75) is 26.4 Å². The monoisotopic (exact) mass is 141 g/mol. The normalized spacial score (nSPS) is 12.3. The zero-order valence-corrected chi connectivity index (χ0v) is 8.55. The summed E-state index contributed by atoms with van der Waals surface area (Å²) in [6.07, 6.45) is 0.703. The van der Waals surface area contributed by atoms with Gasteiger partial charge in [-0.25, -0.2) is 0 Å². The molecular formula is C6H14NaO2. The van der Waals surface area contributed by atoms with E-state index in [-0.39, 0.29) is 35.7 Å². The fourth-order valence-electron chi connectivity index (χ4n) is 0.398. The molecule has 0 bridgehead atoms. The number of hydrogen-bond donors (Lipinski definition) is 1. The second-order valence-electron chi connectivity index (χ2n) is 1.92. The largest absolute Gasteiger partial charge is 0.391 e. The fourth-order valence-corrected chi connectivity index (χ4v) is 0.398. The maximum atomic E-state index is 8.65. The SMILES string of the molecule is CCCOCC(C)O.[Na]. The van der Waals surface area contributed by atoms with Crippen LogP contribution in [0.3, 0.4) is 0 Å². The van der Waals surface area contributed by atoms with Crippen molar-refractivity contribution in [2.24, 2.45) is 0 Å². The molecule has 51 valence electrons. The first-order chi connectivity index (χ1) is 3.77. The first-order valence-electron chi connectivity index (χ1n) is 3.03. The Bertz CT molecular complexity index is 48.3. The molecule has 1 N–H and O–H groups in total. The molecule has 0 fully saturated rings. The third-order valence-electron chi connectivity index (χ3n) is 0.708. The molecule has 0 aromatic carbocycles. The van der Waals surface area contributed by atoms with Gasteiger partial charge in [0, 0.05) is 36.2 Å². The molecule has 1 unspecified atom stereocenters. The van der Waals surface area contributed by atoms with Gasteiger partial charge in [0.25, 0.3) is 0 Å². The van der Waals surface area contributed by atoms with Gasteiger partial charge in [-0.15, -0.1) is 0 Å². The Morgan fingerprint density at radius 1 is 1.56 bits per heavy atom. The summed E-state index contributed by atoms with van der Waals surface area (Å²) >= 11 is 0. The second-order valence-corrected chi connectivity index (χ2v) is 1.92. The van der Waals surface area contributed by atoms with Crippen LogP contribution in [0.2, 0.25) is 0 Å². The van der Waals surface area contributed by atoms with E-state index in [2.05, 4.69) is 0 Å². The molecule has 0 spiro atoms. The first kappa shape index (κ1) is 12.6. The second kappa shape index (κ2) is 8.92. The maximum absolute atomic E-state index is 8.65. The Kier molecular flexibility index (Phi) is 12.5. The van der Waals surface area contributed by atoms with Gasteiger partial charge in [0.1, 0.15) is 0 Å². The summed E-state index contributed by atoms with van der Waals surface area (Å²) in [5.74, 6) is 0. The molecule has 0 aliphatic carbocycles. The van der Waals surface area contributed by atoms with E-state index < -0.39 is 0 Å². The molecule has 0 aromatic rings. The Balaban J connectivity index is 0. The molecule has 1 atom stereocenters. The molecule has 2 nitrogen and oxygen atoms in total. The molecule has 1 radical (unpaired) electrons. The van der Waals surface area contributed by atoms with Crippen LogP contribution in [-0.2, 0) is 4.74 Å². The molecule has 0 rings (SSSR count). The van der Waals surface area contributed by atoms with Crippen LogP contribution in [0.1, 0.15) is 20.3 Å². The van der Waals surface area contributed by atoms with Crippen molar-refractivity contribution >= 4 is 29.6 Å². The number of hydrogen-bond acceptors (Lipinski definition) is 2. The Labute approximate surface area is 78.9 Å². The summed E-state index contributed by atoms with van der Waals surface area (Å²) in [6.45, 7) is 4.98. The van der Waals surface area contributed by atoms with E-state index in [0.717, 1.165) is 13.0 Å². The van der Waals surface area contributed by atoms with Crippen LogP contribution in [-0.4, -0.2) is 54.0 Å². The summed E-state index contributed by atoms with van der Waals surface area (Å²) in [4.78, 5) is 0. The topological polar surface area (TPSA) is 29.5 Å². The van der Waals surface area contributed by atoms with Crippen LogP contribution in [0.15, 0.2) is 0 Å². The third kappa shape index (κ3) is 12.2. The van der Waals surface area contributed by atoms with E-state index in [1.54, 1.807) is 6.92 Å². The molecule has 0 heterocycles. The van der Waals surface area contributed by atoms with Crippen LogP contribution in [0.5, 0.6) is 0 Å². The Morgan fingerprint density at radius 2 is 2.11 bits per heavy atom. The van der Waals surface area contributed by atoms with Crippen LogP contribution in [0, 0.1) is 0 Å². The predicted molar refractivity (Wildman–Crippen MR) is 38.5 cm³/mol. The van der Waals surface area contributed by atoms with Crippen molar-refractivity contribution in [1.82, 2.24) is 0 Å². The molecule has 0 saturated heterocycles. The van der Waals surface area contributed by atoms with Gasteiger partial charge in [0.15, 0.2) is 0 Å². The van der Waals surface area contributed by atoms with Crippen LogP contribution in [0.4, 0.5) is 0 Å². The van der Waals surface area contributed by atoms with Crippen LogP contribution >= 0.6 is 0 Å². The molecule has 3 heteroatoms. The van der Waals surface area contributed by atoms with Crippen LogP contribution in [0.25, 0.3) is 0 Å². The molecular weight excluding hydrogens is 127 g/mol. The number of ether oxygens (including phenoxy) is 1. The van der Waals surface area contributed by atoms with Gasteiger partial charge in [-0.1, -0.05) is 6.92 Å². The number of aliphatic hydroxyl groups is 1. The number of rotatable bonds is 4. The smallest absolute Gasteiger partial charge is 0.0745 e. The van der Waals surface area contributed by atoms with E-state index in [9.17, 15) is 0 Å². The minimum absolute atomic E-state index is 0. The van der Waals surface area contributed by atoms with Crippen molar-refractivity contribution in [3.05, 3.63) is 0 Å². The molecule has 0 amide bonds. The quantitative estimate of drug-likeness (QED) is 0.454. The van der Waals surface area contributed by atoms with Gasteiger partial charge in [0.2, 0.25) is 0 Å². The van der Waals surface area contributed by atoms with Crippen molar-refractivity contribution in [1.29, 1.82) is 0 Å². The molecule has 0 aromatic heterocycles. The molecule has 0 aliphatic heterocycles. The van der Waals surface area contributed by atoms with Gasteiger partial charge < -0.3 is 9.84 Å². The first-order valence-corrected chi connectivity index (χ1v) is 3.03. The molecule has 9 heavy (non-hydrogen) atoms. The number of aliphatic hydroxyl groups excluding tert-OH is 1. The Hall–Kier alpha value is 0.920. The molecule has 0 saturated carbocycles. The minimum Gasteiger partial charge on any atom is -0.391 e. The van der Waals surface area contributed by atoms with Crippen molar-refractivity contribution < 1.29 is 9.84 Å². The van der Waals surface area contributed by atoms with E-state index in [4.69, 9.17) is 9.84 Å². The Morgan fingerprint density at radius 3 is 2.44 bits per heavy atom. The van der Waals surface area contributed by atoms with Gasteiger partial charge >= 0.3 is 0 Å². The zero-order valence-electron chi connectivity index (χ0n) is 6.55. The van der Waals surface area contributed by atoms with Crippen molar-refractivity contribution in [3.8, 4) is 0 Å². The average Bonchev–Trinajstić information content (AvgIpc) is 1.66. The van der Waals surface area contributed by atoms with E-state index in [1.807, 2.05) is 6.92 Å². The summed E-state index contributed by atoms with van der Waals surface area (Å²) in [5, 5.41) is 8.65. The van der Waals surface area contributed by atoms with E-state index in [0.29, 0.717) is 6.61 Å². The summed E-state index contributed by atoms with van der Waals surface area (Å²) in [7, 11) is 0. The van der Waals surface area contributed by atoms with Crippen molar-refractivity contribution in [2.75, 3.05) is 13.2 Å². The predicted octanol–water partition coefficient (Wildman–Crippen LogP) is 0.413. The summed E-state index contributed by atoms with van der Waals surface area (Å²) in [6, 6.07) is 0. The van der Waals surface area contributed by atoms with Gasteiger partial charge in [-0.2, -0.15) is 0 Å². The van der Waals surface area contributed by atoms with Crippen LogP contribution < -0.4 is 0 Å². The van der Waals surface area contributed by atoms with Gasteiger partial charge in [0.05, 0.1) is 12.7 Å². The minimum atomic E-state index is -0.318. The van der Waals surface area contributed by atoms with Gasteiger partial charge in [-0.3, -0.25) is 0 Å². The van der Waals surface area contributed by atoms with Crippen molar-refractivity contribution in [3.63, 3.8) is 0 Å².